The van der Waals surface area contributed by atoms with Gasteiger partial charge in [-0.2, -0.15) is 0 Å². The van der Waals surface area contributed by atoms with E-state index in [4.69, 9.17) is 11.6 Å². The molecule has 1 saturated heterocycles. The molecule has 0 unspecified atom stereocenters. The Morgan fingerprint density at radius 3 is 2.76 bits per heavy atom. The fraction of sp³-hybridized carbons (Fsp3) is 0.500. The van der Waals surface area contributed by atoms with Gasteiger partial charge in [-0.1, -0.05) is 11.6 Å². The molecule has 0 radical (unpaired) electrons. The molecule has 1 aliphatic rings. The van der Waals surface area contributed by atoms with Gasteiger partial charge in [-0.3, -0.25) is 9.69 Å². The van der Waals surface area contributed by atoms with Crippen LogP contribution < -0.4 is 10.6 Å². The predicted molar refractivity (Wildman–Crippen MR) is 85.8 cm³/mol. The minimum Gasteiger partial charge on any atom is -0.325 e. The predicted octanol–water partition coefficient (Wildman–Crippen LogP) is 2.52. The maximum atomic E-state index is 13.0. The van der Waals surface area contributed by atoms with Crippen molar-refractivity contribution in [2.75, 3.05) is 32.0 Å². The topological polar surface area (TPSA) is 44.4 Å². The molecule has 0 spiro atoms. The Balaban J connectivity index is 0.00000220. The van der Waals surface area contributed by atoms with Crippen LogP contribution in [0.1, 0.15) is 12.8 Å². The van der Waals surface area contributed by atoms with Crippen molar-refractivity contribution in [2.45, 2.75) is 18.9 Å². The van der Waals surface area contributed by atoms with E-state index in [2.05, 4.69) is 15.5 Å². The van der Waals surface area contributed by atoms with Crippen LogP contribution in [-0.4, -0.2) is 43.5 Å². The lowest BCUT2D eigenvalue weighted by Crippen LogP contribution is -2.44. The van der Waals surface area contributed by atoms with Gasteiger partial charge in [0.1, 0.15) is 5.82 Å². The summed E-state index contributed by atoms with van der Waals surface area (Å²) in [4.78, 5) is 14.0. The number of hydrogen-bond acceptors (Lipinski definition) is 3. The molecule has 2 N–H and O–H groups in total. The van der Waals surface area contributed by atoms with Gasteiger partial charge in [0.25, 0.3) is 0 Å². The van der Waals surface area contributed by atoms with Crippen LogP contribution in [0.4, 0.5) is 10.1 Å². The van der Waals surface area contributed by atoms with Crippen LogP contribution in [0.5, 0.6) is 0 Å². The number of likely N-dealkylation sites (N-methyl/N-ethyl adjacent to an activating group) is 1. The number of amides is 1. The fourth-order valence-corrected chi connectivity index (χ4v) is 2.56. The fourth-order valence-electron chi connectivity index (χ4n) is 2.38. The molecule has 1 fully saturated rings. The van der Waals surface area contributed by atoms with Crippen LogP contribution >= 0.6 is 24.0 Å². The first-order valence-corrected chi connectivity index (χ1v) is 7.10. The van der Waals surface area contributed by atoms with Gasteiger partial charge in [0.05, 0.1) is 11.6 Å². The zero-order chi connectivity index (χ0) is 14.5. The number of rotatable bonds is 4. The Morgan fingerprint density at radius 2 is 2.14 bits per heavy atom. The lowest BCUT2D eigenvalue weighted by Gasteiger charge is -2.31. The Kier molecular flexibility index (Phi) is 7.39. The van der Waals surface area contributed by atoms with Crippen molar-refractivity contribution in [3.05, 3.63) is 29.0 Å². The van der Waals surface area contributed by atoms with Crippen LogP contribution in [0, 0.1) is 5.82 Å². The first-order valence-electron chi connectivity index (χ1n) is 6.72. The third-order valence-electron chi connectivity index (χ3n) is 3.53. The number of carbonyl (C=O) groups excluding carboxylic acids is 1. The molecule has 0 atom stereocenters. The van der Waals surface area contributed by atoms with Crippen LogP contribution in [0.25, 0.3) is 0 Å². The van der Waals surface area contributed by atoms with Gasteiger partial charge in [0.15, 0.2) is 0 Å². The maximum Gasteiger partial charge on any atom is 0.238 e. The number of hydrogen-bond donors (Lipinski definition) is 2. The van der Waals surface area contributed by atoms with Gasteiger partial charge in [-0.25, -0.2) is 4.39 Å². The van der Waals surface area contributed by atoms with E-state index < -0.39 is 5.82 Å². The molecule has 1 aromatic rings. The highest BCUT2D eigenvalue weighted by Gasteiger charge is 2.19. The molecule has 1 amide bonds. The van der Waals surface area contributed by atoms with Crippen molar-refractivity contribution in [3.63, 3.8) is 0 Å². The highest BCUT2D eigenvalue weighted by molar-refractivity contribution is 6.31. The summed E-state index contributed by atoms with van der Waals surface area (Å²) in [6.07, 6.45) is 2.10. The Bertz CT molecular complexity index is 481. The lowest BCUT2D eigenvalue weighted by atomic mass is 10.1. The van der Waals surface area contributed by atoms with E-state index >= 15 is 0 Å². The number of piperidine rings is 1. The highest BCUT2D eigenvalue weighted by Crippen LogP contribution is 2.19. The minimum absolute atomic E-state index is 0. The standard InChI is InChI=1S/C14H19ClFN3O.ClH/c1-19(11-4-6-17-7-5-11)9-14(20)18-10-2-3-13(16)12(15)8-10;/h2-3,8,11,17H,4-7,9H2,1H3,(H,18,20);1H. The Hall–Kier alpha value is -0.880. The molecule has 1 aromatic carbocycles. The van der Waals surface area contributed by atoms with Gasteiger partial charge < -0.3 is 10.6 Å². The molecule has 7 heteroatoms. The van der Waals surface area contributed by atoms with Crippen molar-refractivity contribution in [1.29, 1.82) is 0 Å². The largest absolute Gasteiger partial charge is 0.325 e. The quantitative estimate of drug-likeness (QED) is 0.888. The molecule has 0 aliphatic carbocycles. The van der Waals surface area contributed by atoms with Crippen molar-refractivity contribution in [1.82, 2.24) is 10.2 Å². The normalized spacial score (nSPS) is 15.6. The molecular weight excluding hydrogens is 316 g/mol. The van der Waals surface area contributed by atoms with Crippen LogP contribution in [-0.2, 0) is 4.79 Å². The monoisotopic (exact) mass is 335 g/mol. The van der Waals surface area contributed by atoms with E-state index in [-0.39, 0.29) is 23.3 Å². The van der Waals surface area contributed by atoms with Crippen molar-refractivity contribution in [2.24, 2.45) is 0 Å². The maximum absolute atomic E-state index is 13.0. The number of nitrogens with zero attached hydrogens (tertiary/aromatic N) is 1. The summed E-state index contributed by atoms with van der Waals surface area (Å²) in [6, 6.07) is 4.59. The summed E-state index contributed by atoms with van der Waals surface area (Å²) >= 11 is 5.68. The average molecular weight is 336 g/mol. The Morgan fingerprint density at radius 1 is 1.48 bits per heavy atom. The number of carbonyl (C=O) groups is 1. The average Bonchev–Trinajstić information content (AvgIpc) is 2.44. The zero-order valence-corrected chi connectivity index (χ0v) is 13.4. The molecule has 2 rings (SSSR count). The number of halogens is 3. The van der Waals surface area contributed by atoms with Crippen LogP contribution in [0.3, 0.4) is 0 Å². The van der Waals surface area contributed by atoms with E-state index in [0.717, 1.165) is 25.9 Å². The molecule has 118 valence electrons. The molecule has 1 aliphatic heterocycles. The van der Waals surface area contributed by atoms with E-state index in [1.54, 1.807) is 0 Å². The summed E-state index contributed by atoms with van der Waals surface area (Å²) < 4.78 is 13.0. The van der Waals surface area contributed by atoms with Crippen molar-refractivity contribution >= 4 is 35.6 Å². The van der Waals surface area contributed by atoms with Gasteiger partial charge in [-0.05, 0) is 51.2 Å². The molecule has 4 nitrogen and oxygen atoms in total. The Labute approximate surface area is 135 Å². The second-order valence-electron chi connectivity index (χ2n) is 5.07. The van der Waals surface area contributed by atoms with Gasteiger partial charge in [-0.15, -0.1) is 12.4 Å². The summed E-state index contributed by atoms with van der Waals surface area (Å²) in [7, 11) is 1.95. The SMILES string of the molecule is CN(CC(=O)Nc1ccc(F)c(Cl)c1)C1CCNCC1.Cl. The number of benzene rings is 1. The van der Waals surface area contributed by atoms with E-state index in [1.165, 1.54) is 18.2 Å². The third kappa shape index (κ3) is 5.43. The molecule has 0 saturated carbocycles. The van der Waals surface area contributed by atoms with Crippen molar-refractivity contribution < 1.29 is 9.18 Å². The van der Waals surface area contributed by atoms with E-state index in [1.807, 2.05) is 7.05 Å². The summed E-state index contributed by atoms with van der Waals surface area (Å²) in [5.41, 5.74) is 0.514. The van der Waals surface area contributed by atoms with Gasteiger partial charge in [0.2, 0.25) is 5.91 Å². The third-order valence-corrected chi connectivity index (χ3v) is 3.82. The second kappa shape index (κ2) is 8.54. The summed E-state index contributed by atoms with van der Waals surface area (Å²) in [6.45, 7) is 2.30. The van der Waals surface area contributed by atoms with Crippen molar-refractivity contribution in [3.8, 4) is 0 Å². The number of anilines is 1. The minimum atomic E-state index is -0.489. The molecular formula is C14H20Cl2FN3O. The summed E-state index contributed by atoms with van der Waals surface area (Å²) in [5.74, 6) is -0.606. The molecule has 0 bridgehead atoms. The van der Waals surface area contributed by atoms with E-state index in [9.17, 15) is 9.18 Å². The molecule has 0 aromatic heterocycles. The second-order valence-corrected chi connectivity index (χ2v) is 5.48. The van der Waals surface area contributed by atoms with Gasteiger partial charge in [0, 0.05) is 11.7 Å². The lowest BCUT2D eigenvalue weighted by molar-refractivity contribution is -0.117. The highest BCUT2D eigenvalue weighted by atomic mass is 35.5. The molecule has 21 heavy (non-hydrogen) atoms. The zero-order valence-electron chi connectivity index (χ0n) is 11.9. The smallest absolute Gasteiger partial charge is 0.238 e. The first-order chi connectivity index (χ1) is 9.56. The first kappa shape index (κ1) is 18.2. The van der Waals surface area contributed by atoms with E-state index in [0.29, 0.717) is 18.3 Å². The van der Waals surface area contributed by atoms with Gasteiger partial charge >= 0.3 is 0 Å². The summed E-state index contributed by atoms with van der Waals surface area (Å²) in [5, 5.41) is 6.04. The number of nitrogens with one attached hydrogen (secondary N) is 2. The van der Waals surface area contributed by atoms with Crippen LogP contribution in [0.15, 0.2) is 18.2 Å². The molecule has 1 heterocycles. The van der Waals surface area contributed by atoms with Crippen LogP contribution in [0.2, 0.25) is 5.02 Å².